The van der Waals surface area contributed by atoms with Crippen LogP contribution in [0.25, 0.3) is 0 Å². The van der Waals surface area contributed by atoms with Crippen molar-refractivity contribution in [2.75, 3.05) is 6.61 Å². The standard InChI is InChI=1S/C12H22N2O4/c1-7(2)6-17-11(16)14-9(10(13)15)8(3)18-12(14,4)5/h7-9H,6H2,1-5H3,(H2,13,15). The highest BCUT2D eigenvalue weighted by molar-refractivity contribution is 5.85. The normalized spacial score (nSPS) is 26.4. The zero-order valence-electron chi connectivity index (χ0n) is 11.6. The molecular weight excluding hydrogens is 236 g/mol. The number of nitrogens with two attached hydrogens (primary N) is 1. The molecule has 0 aliphatic carbocycles. The van der Waals surface area contributed by atoms with Gasteiger partial charge in [0.2, 0.25) is 5.91 Å². The number of nitrogens with zero attached hydrogens (tertiary/aromatic N) is 1. The molecule has 1 aliphatic rings. The van der Waals surface area contributed by atoms with Gasteiger partial charge in [-0.1, -0.05) is 13.8 Å². The number of ether oxygens (including phenoxy) is 2. The summed E-state index contributed by atoms with van der Waals surface area (Å²) in [6.45, 7) is 9.31. The van der Waals surface area contributed by atoms with Gasteiger partial charge in [0.1, 0.15) is 11.8 Å². The van der Waals surface area contributed by atoms with E-state index in [1.54, 1.807) is 20.8 Å². The van der Waals surface area contributed by atoms with Gasteiger partial charge in [0.25, 0.3) is 0 Å². The van der Waals surface area contributed by atoms with E-state index in [-0.39, 0.29) is 5.92 Å². The minimum absolute atomic E-state index is 0.227. The molecule has 1 saturated heterocycles. The van der Waals surface area contributed by atoms with Crippen LogP contribution in [-0.4, -0.2) is 41.4 Å². The summed E-state index contributed by atoms with van der Waals surface area (Å²) in [5.41, 5.74) is 4.43. The van der Waals surface area contributed by atoms with Gasteiger partial charge in [0.15, 0.2) is 0 Å². The Morgan fingerprint density at radius 3 is 2.44 bits per heavy atom. The summed E-state index contributed by atoms with van der Waals surface area (Å²) < 4.78 is 10.7. The molecule has 0 saturated carbocycles. The van der Waals surface area contributed by atoms with Crippen LogP contribution in [0.3, 0.4) is 0 Å². The fraction of sp³-hybridized carbons (Fsp3) is 0.833. The molecule has 1 aliphatic heterocycles. The molecule has 18 heavy (non-hydrogen) atoms. The second-order valence-corrected chi connectivity index (χ2v) is 5.46. The van der Waals surface area contributed by atoms with Crippen molar-refractivity contribution >= 4 is 12.0 Å². The number of carbonyl (C=O) groups is 2. The van der Waals surface area contributed by atoms with Crippen LogP contribution in [0.2, 0.25) is 0 Å². The third-order valence-corrected chi connectivity index (χ3v) is 2.81. The first-order chi connectivity index (χ1) is 8.16. The quantitative estimate of drug-likeness (QED) is 0.821. The van der Waals surface area contributed by atoms with Crippen molar-refractivity contribution in [1.82, 2.24) is 4.90 Å². The van der Waals surface area contributed by atoms with Crippen molar-refractivity contribution in [3.8, 4) is 0 Å². The van der Waals surface area contributed by atoms with E-state index in [0.29, 0.717) is 6.61 Å². The van der Waals surface area contributed by atoms with Gasteiger partial charge in [0, 0.05) is 0 Å². The molecule has 6 nitrogen and oxygen atoms in total. The van der Waals surface area contributed by atoms with Gasteiger partial charge in [0.05, 0.1) is 12.7 Å². The molecular formula is C12H22N2O4. The van der Waals surface area contributed by atoms with E-state index in [2.05, 4.69) is 0 Å². The van der Waals surface area contributed by atoms with Crippen molar-refractivity contribution in [3.05, 3.63) is 0 Å². The Bertz CT molecular complexity index is 341. The molecule has 0 aromatic carbocycles. The van der Waals surface area contributed by atoms with Gasteiger partial charge >= 0.3 is 6.09 Å². The highest BCUT2D eigenvalue weighted by atomic mass is 16.6. The number of primary amides is 1. The van der Waals surface area contributed by atoms with Crippen LogP contribution in [0.4, 0.5) is 4.79 Å². The fourth-order valence-corrected chi connectivity index (χ4v) is 2.12. The van der Waals surface area contributed by atoms with Gasteiger partial charge in [-0.25, -0.2) is 4.79 Å². The number of hydrogen-bond acceptors (Lipinski definition) is 4. The molecule has 6 heteroatoms. The molecule has 2 atom stereocenters. The Labute approximate surface area is 107 Å². The summed E-state index contributed by atoms with van der Waals surface area (Å²) in [5.74, 6) is -0.361. The maximum absolute atomic E-state index is 12.0. The first-order valence-corrected chi connectivity index (χ1v) is 6.10. The minimum atomic E-state index is -0.896. The first kappa shape index (κ1) is 14.8. The summed E-state index contributed by atoms with van der Waals surface area (Å²) in [6.07, 6.45) is -1.01. The number of hydrogen-bond donors (Lipinski definition) is 1. The molecule has 1 fully saturated rings. The molecule has 0 spiro atoms. The summed E-state index contributed by atoms with van der Waals surface area (Å²) in [7, 11) is 0. The van der Waals surface area contributed by atoms with E-state index in [4.69, 9.17) is 15.2 Å². The van der Waals surface area contributed by atoms with Crippen LogP contribution in [0.5, 0.6) is 0 Å². The van der Waals surface area contributed by atoms with E-state index in [1.807, 2.05) is 13.8 Å². The van der Waals surface area contributed by atoms with Gasteiger partial charge in [-0.3, -0.25) is 9.69 Å². The average Bonchev–Trinajstić information content (AvgIpc) is 2.44. The summed E-state index contributed by atoms with van der Waals surface area (Å²) >= 11 is 0. The lowest BCUT2D eigenvalue weighted by atomic mass is 10.1. The van der Waals surface area contributed by atoms with Crippen LogP contribution in [0.15, 0.2) is 0 Å². The second kappa shape index (κ2) is 5.14. The summed E-state index contributed by atoms with van der Waals surface area (Å²) in [5, 5.41) is 0. The Kier molecular flexibility index (Phi) is 4.21. The number of rotatable bonds is 3. The van der Waals surface area contributed by atoms with Crippen LogP contribution in [-0.2, 0) is 14.3 Å². The smallest absolute Gasteiger partial charge is 0.412 e. The summed E-state index contributed by atoms with van der Waals surface area (Å²) in [6, 6.07) is -0.792. The van der Waals surface area contributed by atoms with Gasteiger partial charge < -0.3 is 15.2 Å². The molecule has 0 aromatic rings. The SMILES string of the molecule is CC(C)COC(=O)N1C(C(N)=O)C(C)OC1(C)C. The number of carbonyl (C=O) groups excluding carboxylic acids is 2. The summed E-state index contributed by atoms with van der Waals surface area (Å²) in [4.78, 5) is 24.8. The van der Waals surface area contributed by atoms with E-state index < -0.39 is 29.9 Å². The molecule has 0 bridgehead atoms. The third-order valence-electron chi connectivity index (χ3n) is 2.81. The maximum atomic E-state index is 12.0. The molecule has 104 valence electrons. The third kappa shape index (κ3) is 2.93. The predicted molar refractivity (Wildman–Crippen MR) is 65.6 cm³/mol. The van der Waals surface area contributed by atoms with E-state index in [1.165, 1.54) is 4.90 Å². The lowest BCUT2D eigenvalue weighted by Crippen LogP contribution is -2.53. The predicted octanol–water partition coefficient (Wildman–Crippen LogP) is 1.09. The Hall–Kier alpha value is -1.30. The lowest BCUT2D eigenvalue weighted by molar-refractivity contribution is -0.123. The molecule has 1 heterocycles. The fourth-order valence-electron chi connectivity index (χ4n) is 2.12. The van der Waals surface area contributed by atoms with Crippen molar-refractivity contribution in [1.29, 1.82) is 0 Å². The zero-order valence-corrected chi connectivity index (χ0v) is 11.6. The maximum Gasteiger partial charge on any atom is 0.412 e. The van der Waals surface area contributed by atoms with Crippen molar-refractivity contribution < 1.29 is 19.1 Å². The minimum Gasteiger partial charge on any atom is -0.449 e. The zero-order chi connectivity index (χ0) is 14.1. The second-order valence-electron chi connectivity index (χ2n) is 5.46. The highest BCUT2D eigenvalue weighted by Crippen LogP contribution is 2.32. The van der Waals surface area contributed by atoms with Crippen LogP contribution in [0.1, 0.15) is 34.6 Å². The molecule has 2 unspecified atom stereocenters. The molecule has 0 aromatic heterocycles. The van der Waals surface area contributed by atoms with E-state index in [0.717, 1.165) is 0 Å². The highest BCUT2D eigenvalue weighted by Gasteiger charge is 2.51. The monoisotopic (exact) mass is 258 g/mol. The van der Waals surface area contributed by atoms with Gasteiger partial charge in [-0.05, 0) is 26.7 Å². The number of amides is 2. The Morgan fingerprint density at radius 2 is 2.00 bits per heavy atom. The van der Waals surface area contributed by atoms with Crippen LogP contribution in [0, 0.1) is 5.92 Å². The Morgan fingerprint density at radius 1 is 1.44 bits per heavy atom. The van der Waals surface area contributed by atoms with Gasteiger partial charge in [-0.2, -0.15) is 0 Å². The van der Waals surface area contributed by atoms with Crippen LogP contribution < -0.4 is 5.73 Å². The van der Waals surface area contributed by atoms with Crippen LogP contribution >= 0.6 is 0 Å². The molecule has 2 N–H and O–H groups in total. The molecule has 0 radical (unpaired) electrons. The largest absolute Gasteiger partial charge is 0.449 e. The lowest BCUT2D eigenvalue weighted by Gasteiger charge is -2.31. The van der Waals surface area contributed by atoms with Crippen molar-refractivity contribution in [2.24, 2.45) is 11.7 Å². The van der Waals surface area contributed by atoms with Crippen molar-refractivity contribution in [3.63, 3.8) is 0 Å². The van der Waals surface area contributed by atoms with Gasteiger partial charge in [-0.15, -0.1) is 0 Å². The first-order valence-electron chi connectivity index (χ1n) is 6.10. The Balaban J connectivity index is 2.87. The average molecular weight is 258 g/mol. The van der Waals surface area contributed by atoms with E-state index >= 15 is 0 Å². The molecule has 1 rings (SSSR count). The van der Waals surface area contributed by atoms with E-state index in [9.17, 15) is 9.59 Å². The molecule has 2 amide bonds. The van der Waals surface area contributed by atoms with Crippen molar-refractivity contribution in [2.45, 2.75) is 52.5 Å². The topological polar surface area (TPSA) is 81.9 Å².